The van der Waals surface area contributed by atoms with E-state index in [0.717, 1.165) is 52.6 Å². The van der Waals surface area contributed by atoms with Crippen molar-refractivity contribution in [2.75, 3.05) is 52.6 Å². The van der Waals surface area contributed by atoms with Gasteiger partial charge in [-0.05, 0) is 33.5 Å². The van der Waals surface area contributed by atoms with Crippen molar-refractivity contribution < 1.29 is 76.4 Å². The van der Waals surface area contributed by atoms with Gasteiger partial charge in [-0.25, -0.2) is 46.4 Å². The molecule has 0 N–H and O–H groups in total. The van der Waals surface area contributed by atoms with Crippen LogP contribution in [0.4, 0.5) is 0 Å². The van der Waals surface area contributed by atoms with E-state index in [2.05, 4.69) is 49.0 Å². The number of thioether (sulfide) groups is 1. The largest absolute Gasteiger partial charge is 0.368 e. The van der Waals surface area contributed by atoms with E-state index in [-0.39, 0.29) is 0 Å². The van der Waals surface area contributed by atoms with Crippen molar-refractivity contribution in [2.24, 2.45) is 10.8 Å². The van der Waals surface area contributed by atoms with Gasteiger partial charge in [0, 0.05) is 25.0 Å². The lowest BCUT2D eigenvalue weighted by molar-refractivity contribution is -2.00. The first-order valence-corrected chi connectivity index (χ1v) is 15.8. The molecule has 2 heterocycles. The average Bonchev–Trinajstić information content (AvgIpc) is 2.76. The number of halogens is 2. The van der Waals surface area contributed by atoms with Gasteiger partial charge < -0.3 is 9.47 Å². The first-order chi connectivity index (χ1) is 17.8. The minimum atomic E-state index is -4.94. The van der Waals surface area contributed by atoms with E-state index in [1.165, 1.54) is 46.9 Å². The molecule has 12 nitrogen and oxygen atoms in total. The second kappa shape index (κ2) is 14.5. The van der Waals surface area contributed by atoms with Gasteiger partial charge >= 0.3 is 0 Å². The second-order valence-corrected chi connectivity index (χ2v) is 14.1. The zero-order chi connectivity index (χ0) is 29.5. The van der Waals surface area contributed by atoms with Crippen LogP contribution in [0.25, 0.3) is 0 Å². The van der Waals surface area contributed by atoms with Crippen molar-refractivity contribution in [3.8, 4) is 0 Å². The Morgan fingerprint density at radius 2 is 0.872 bits per heavy atom. The van der Waals surface area contributed by atoms with Crippen LogP contribution in [0.15, 0.2) is 22.0 Å². The van der Waals surface area contributed by atoms with E-state index in [9.17, 15) is 0 Å². The molecule has 0 aromatic carbocycles. The summed E-state index contributed by atoms with van der Waals surface area (Å²) in [4.78, 5) is 3.07. The maximum Gasteiger partial charge on any atom is 0.177 e. The third kappa shape index (κ3) is 15.2. The molecular weight excluding hydrogens is 579 g/mol. The molecule has 2 saturated heterocycles. The summed E-state index contributed by atoms with van der Waals surface area (Å²) >= 11 is 2.05. The van der Waals surface area contributed by atoms with Crippen LogP contribution < -0.4 is 37.3 Å². The normalized spacial score (nSPS) is 23.6. The van der Waals surface area contributed by atoms with Gasteiger partial charge in [-0.3, -0.25) is 0 Å². The Labute approximate surface area is 238 Å². The van der Waals surface area contributed by atoms with Crippen LogP contribution in [-0.2, 0) is 9.47 Å². The molecule has 0 atom stereocenters. The van der Waals surface area contributed by atoms with E-state index in [0.29, 0.717) is 10.8 Å². The number of rotatable bonds is 2. The molecule has 4 rings (SSSR count). The highest BCUT2D eigenvalue weighted by Crippen LogP contribution is 2.46. The van der Waals surface area contributed by atoms with Crippen LogP contribution in [0.5, 0.6) is 0 Å². The van der Waals surface area contributed by atoms with Crippen molar-refractivity contribution in [1.29, 1.82) is 0 Å². The molecule has 4 aliphatic rings. The van der Waals surface area contributed by atoms with Gasteiger partial charge in [-0.2, -0.15) is 0 Å². The van der Waals surface area contributed by atoms with Gasteiger partial charge in [0.2, 0.25) is 0 Å². The predicted octanol–water partition coefficient (Wildman–Crippen LogP) is -5.42. The monoisotopic (exact) mass is 616 g/mol. The van der Waals surface area contributed by atoms with Crippen molar-refractivity contribution in [1.82, 2.24) is 0 Å². The highest BCUT2D eigenvalue weighted by molar-refractivity contribution is 8.06. The lowest BCUT2D eigenvalue weighted by atomic mass is 9.79. The molecular formula is C24H38Cl2N2O10S. The zero-order valence-corrected chi connectivity index (χ0v) is 25.1. The highest BCUT2D eigenvalue weighted by Gasteiger charge is 2.35. The summed E-state index contributed by atoms with van der Waals surface area (Å²) in [5.74, 6) is 0. The van der Waals surface area contributed by atoms with E-state index >= 15 is 0 Å². The summed E-state index contributed by atoms with van der Waals surface area (Å²) in [7, 11) is -9.89. The average molecular weight is 618 g/mol. The molecule has 0 spiro atoms. The zero-order valence-electron chi connectivity index (χ0n) is 22.8. The molecule has 0 saturated carbocycles. The number of hydrogen-bond donors (Lipinski definition) is 0. The van der Waals surface area contributed by atoms with Crippen molar-refractivity contribution >= 4 is 23.2 Å². The van der Waals surface area contributed by atoms with Gasteiger partial charge in [0.1, 0.15) is 26.4 Å². The van der Waals surface area contributed by atoms with Crippen LogP contribution in [-0.4, -0.2) is 73.2 Å². The fraction of sp³-hybridized carbons (Fsp3) is 0.750. The van der Waals surface area contributed by atoms with E-state index < -0.39 is 20.5 Å². The summed E-state index contributed by atoms with van der Waals surface area (Å²) in [5, 5.41) is 0. The molecule has 0 bridgehead atoms. The third-order valence-electron chi connectivity index (χ3n) is 6.38. The number of allylic oxidation sites excluding steroid dienone is 4. The number of nitrogens with zero attached hydrogens (tertiary/aromatic N) is 2. The van der Waals surface area contributed by atoms with Gasteiger partial charge in [-0.1, -0.05) is 39.5 Å². The molecule has 0 amide bonds. The lowest BCUT2D eigenvalue weighted by Crippen LogP contribution is -2.68. The molecule has 2 aliphatic heterocycles. The highest BCUT2D eigenvalue weighted by atomic mass is 35.7. The van der Waals surface area contributed by atoms with Gasteiger partial charge in [-0.15, -0.1) is 20.5 Å². The number of ether oxygens (including phenoxy) is 2. The van der Waals surface area contributed by atoms with Crippen molar-refractivity contribution in [3.05, 3.63) is 22.0 Å². The fourth-order valence-electron chi connectivity index (χ4n) is 5.03. The first-order valence-electron chi connectivity index (χ1n) is 12.5. The molecule has 39 heavy (non-hydrogen) atoms. The standard InChI is InChI=1S/C24H38N2O2S.2ClHO4/c1-23(2)15-19(25-5-9-27-10-6-25)13-21(17-23)29-22-14-20(16-24(3,4)18-22)26-7-11-28-12-8-26;2*2-1(3,4)5/h13-14H,5-12,15-18H2,1-4H3;2*(H,2,3,4,5)/q+2;;/p-2. The maximum atomic E-state index is 8.49. The Bertz CT molecular complexity index is 865. The molecule has 15 heteroatoms. The minimum absolute atomic E-state index is 0.326. The van der Waals surface area contributed by atoms with Crippen LogP contribution in [0, 0.1) is 31.3 Å². The summed E-state index contributed by atoms with van der Waals surface area (Å²) < 4.78 is 84.2. The third-order valence-corrected chi connectivity index (χ3v) is 7.43. The lowest BCUT2D eigenvalue weighted by Gasteiger charge is -2.33. The van der Waals surface area contributed by atoms with Crippen LogP contribution in [0.3, 0.4) is 0 Å². The number of hydrogen-bond acceptors (Lipinski definition) is 11. The van der Waals surface area contributed by atoms with Gasteiger partial charge in [0.05, 0.1) is 0 Å². The molecule has 2 aliphatic carbocycles. The van der Waals surface area contributed by atoms with Gasteiger partial charge in [0.15, 0.2) is 37.6 Å². The molecule has 0 unspecified atom stereocenters. The van der Waals surface area contributed by atoms with Crippen LogP contribution in [0.2, 0.25) is 0 Å². The molecule has 0 aromatic rings. The Morgan fingerprint density at radius 3 is 1.15 bits per heavy atom. The summed E-state index contributed by atoms with van der Waals surface area (Å²) in [5.41, 5.74) is 3.68. The maximum absolute atomic E-state index is 8.49. The Kier molecular flexibility index (Phi) is 12.8. The first kappa shape index (κ1) is 34.6. The topological polar surface area (TPSA) is 209 Å². The quantitative estimate of drug-likeness (QED) is 0.267. The molecule has 0 radical (unpaired) electrons. The van der Waals surface area contributed by atoms with Crippen molar-refractivity contribution in [3.63, 3.8) is 0 Å². The Morgan fingerprint density at radius 1 is 0.590 bits per heavy atom. The van der Waals surface area contributed by atoms with Crippen LogP contribution in [0.1, 0.15) is 53.4 Å². The van der Waals surface area contributed by atoms with E-state index in [1.54, 1.807) is 0 Å². The minimum Gasteiger partial charge on any atom is -0.368 e. The van der Waals surface area contributed by atoms with Crippen LogP contribution >= 0.6 is 11.8 Å². The Balaban J connectivity index is 0.000000458. The SMILES string of the molecule is CC1(C)CC(SC2=CC(=[N+]3CCOCC3)CC(C)(C)C2)=CC(=[N+]2CCOCC2)C1.[O-][Cl+3]([O-])([O-])[O-].[O-][Cl+3]([O-])([O-])[O-]. The summed E-state index contributed by atoms with van der Waals surface area (Å²) in [6.07, 6.45) is 9.70. The summed E-state index contributed by atoms with van der Waals surface area (Å²) in [6, 6.07) is 0. The molecule has 0 aromatic heterocycles. The molecule has 2 fully saturated rings. The number of morpholine rings is 2. The van der Waals surface area contributed by atoms with E-state index in [1.807, 2.05) is 11.8 Å². The molecule has 224 valence electrons. The Hall–Kier alpha value is -0.650. The van der Waals surface area contributed by atoms with Gasteiger partial charge in [0.25, 0.3) is 0 Å². The van der Waals surface area contributed by atoms with Crippen molar-refractivity contribution in [2.45, 2.75) is 53.4 Å². The smallest absolute Gasteiger partial charge is 0.177 e. The predicted molar refractivity (Wildman–Crippen MR) is 121 cm³/mol. The summed E-state index contributed by atoms with van der Waals surface area (Å²) in [6.45, 7) is 17.3. The fourth-order valence-corrected chi connectivity index (χ4v) is 6.68. The second-order valence-electron chi connectivity index (χ2n) is 11.3. The van der Waals surface area contributed by atoms with E-state index in [4.69, 9.17) is 46.7 Å².